The van der Waals surface area contributed by atoms with E-state index in [-0.39, 0.29) is 18.6 Å². The van der Waals surface area contributed by atoms with Crippen molar-refractivity contribution in [1.29, 1.82) is 0 Å². The van der Waals surface area contributed by atoms with Crippen LogP contribution in [-0.2, 0) is 14.4 Å². The van der Waals surface area contributed by atoms with Crippen molar-refractivity contribution in [2.75, 3.05) is 19.6 Å². The molecule has 0 aromatic rings. The molecule has 4 saturated carbocycles. The highest BCUT2D eigenvalue weighted by Crippen LogP contribution is 2.68. The summed E-state index contributed by atoms with van der Waals surface area (Å²) in [4.78, 5) is 35.7. The van der Waals surface area contributed by atoms with E-state index in [0.717, 1.165) is 37.0 Å². The molecule has 0 spiro atoms. The number of likely N-dealkylation sites (N-methyl/N-ethyl adjacent to an activating group) is 1. The van der Waals surface area contributed by atoms with Crippen LogP contribution in [0.2, 0.25) is 0 Å². The first-order valence-electron chi connectivity index (χ1n) is 15.7. The van der Waals surface area contributed by atoms with Gasteiger partial charge in [0, 0.05) is 13.0 Å². The van der Waals surface area contributed by atoms with Gasteiger partial charge in [-0.05, 0) is 117 Å². The summed E-state index contributed by atoms with van der Waals surface area (Å²) in [6.45, 7) is 9.57. The fraction of sp³-hybridized carbons (Fsp3) is 0.903. The quantitative estimate of drug-likeness (QED) is 0.268. The van der Waals surface area contributed by atoms with E-state index in [4.69, 9.17) is 5.11 Å². The van der Waals surface area contributed by atoms with Gasteiger partial charge in [0.2, 0.25) is 11.8 Å². The predicted octanol–water partition coefficient (Wildman–Crippen LogP) is 3.72. The Balaban J connectivity index is 1.29. The molecule has 4 aliphatic carbocycles. The van der Waals surface area contributed by atoms with Crippen molar-refractivity contribution in [3.8, 4) is 0 Å². The zero-order chi connectivity index (χ0) is 28.4. The maximum absolute atomic E-state index is 12.7. The van der Waals surface area contributed by atoms with Gasteiger partial charge >= 0.3 is 5.97 Å². The number of aliphatic hydroxyl groups is 1. The molecule has 8 heteroatoms. The number of carboxylic acid groups (broad SMARTS) is 1. The molecule has 0 bridgehead atoms. The molecule has 39 heavy (non-hydrogen) atoms. The molecule has 0 radical (unpaired) electrons. The zero-order valence-corrected chi connectivity index (χ0v) is 24.6. The van der Waals surface area contributed by atoms with Crippen LogP contribution in [0.5, 0.6) is 0 Å². The summed E-state index contributed by atoms with van der Waals surface area (Å²) in [6, 6.07) is -0.648. The molecule has 2 amide bonds. The molecular weight excluding hydrogens is 494 g/mol. The Bertz CT molecular complexity index is 897. The summed E-state index contributed by atoms with van der Waals surface area (Å²) in [5, 5.41) is 27.4. The highest BCUT2D eigenvalue weighted by Gasteiger charge is 2.60. The first-order chi connectivity index (χ1) is 18.5. The SMILES string of the molecule is CCN[C@@H](CNC(=O)CC[C@@H](C)[C@H]1CC[C@H]2[C@@H]3CC[C@@H]4C[C@H](O)CC[C@]4(C)[C@H]3CCC12C)C(=O)NCC(=O)O. The lowest BCUT2D eigenvalue weighted by molar-refractivity contribution is -0.138. The van der Waals surface area contributed by atoms with Crippen molar-refractivity contribution in [2.45, 2.75) is 110 Å². The minimum atomic E-state index is -1.09. The van der Waals surface area contributed by atoms with Crippen molar-refractivity contribution in [3.63, 3.8) is 0 Å². The van der Waals surface area contributed by atoms with Gasteiger partial charge in [0.15, 0.2) is 0 Å². The van der Waals surface area contributed by atoms with Crippen LogP contribution in [0.4, 0.5) is 0 Å². The molecule has 4 rings (SSSR count). The van der Waals surface area contributed by atoms with E-state index in [1.165, 1.54) is 44.9 Å². The molecule has 0 aromatic heterocycles. The predicted molar refractivity (Wildman–Crippen MR) is 151 cm³/mol. The minimum absolute atomic E-state index is 0.0510. The number of hydrogen-bond donors (Lipinski definition) is 5. The van der Waals surface area contributed by atoms with Gasteiger partial charge in [-0.15, -0.1) is 0 Å². The molecule has 0 heterocycles. The Kier molecular flexibility index (Phi) is 9.68. The van der Waals surface area contributed by atoms with Gasteiger partial charge in [0.25, 0.3) is 0 Å². The number of carbonyl (C=O) groups excluding carboxylic acids is 2. The smallest absolute Gasteiger partial charge is 0.322 e. The van der Waals surface area contributed by atoms with Crippen molar-refractivity contribution in [1.82, 2.24) is 16.0 Å². The number of aliphatic hydroxyl groups excluding tert-OH is 1. The molecular formula is C31H53N3O5. The number of aliphatic carboxylic acids is 1. The normalized spacial score (nSPS) is 39.0. The summed E-state index contributed by atoms with van der Waals surface area (Å²) >= 11 is 0. The first kappa shape index (κ1) is 30.3. The van der Waals surface area contributed by atoms with E-state index in [0.29, 0.717) is 41.5 Å². The van der Waals surface area contributed by atoms with E-state index >= 15 is 0 Å². The first-order valence-corrected chi connectivity index (χ1v) is 15.7. The van der Waals surface area contributed by atoms with Gasteiger partial charge in [0.1, 0.15) is 12.6 Å². The maximum atomic E-state index is 12.7. The second-order valence-corrected chi connectivity index (χ2v) is 13.9. The summed E-state index contributed by atoms with van der Waals surface area (Å²) in [5.74, 6) is 2.65. The van der Waals surface area contributed by atoms with Crippen LogP contribution in [0.25, 0.3) is 0 Å². The van der Waals surface area contributed by atoms with Crippen molar-refractivity contribution in [2.24, 2.45) is 46.3 Å². The highest BCUT2D eigenvalue weighted by molar-refractivity contribution is 5.86. The fourth-order valence-corrected chi connectivity index (χ4v) is 9.86. The third-order valence-corrected chi connectivity index (χ3v) is 11.9. The number of amides is 2. The maximum Gasteiger partial charge on any atom is 0.322 e. The molecule has 1 unspecified atom stereocenters. The van der Waals surface area contributed by atoms with E-state index in [9.17, 15) is 19.5 Å². The van der Waals surface area contributed by atoms with Crippen LogP contribution in [0.15, 0.2) is 0 Å². The summed E-state index contributed by atoms with van der Waals surface area (Å²) in [7, 11) is 0. The van der Waals surface area contributed by atoms with Gasteiger partial charge in [-0.25, -0.2) is 0 Å². The fourth-order valence-electron chi connectivity index (χ4n) is 9.86. The average molecular weight is 548 g/mol. The van der Waals surface area contributed by atoms with Gasteiger partial charge in [0.05, 0.1) is 6.10 Å². The lowest BCUT2D eigenvalue weighted by Gasteiger charge is -2.61. The van der Waals surface area contributed by atoms with Crippen LogP contribution in [0.3, 0.4) is 0 Å². The van der Waals surface area contributed by atoms with E-state index < -0.39 is 24.5 Å². The van der Waals surface area contributed by atoms with Gasteiger partial charge in [-0.3, -0.25) is 14.4 Å². The minimum Gasteiger partial charge on any atom is -0.480 e. The van der Waals surface area contributed by atoms with Gasteiger partial charge < -0.3 is 26.2 Å². The largest absolute Gasteiger partial charge is 0.480 e. The number of hydrogen-bond acceptors (Lipinski definition) is 5. The van der Waals surface area contributed by atoms with Crippen LogP contribution in [0.1, 0.15) is 98.3 Å². The molecule has 0 aromatic carbocycles. The van der Waals surface area contributed by atoms with E-state index in [1.807, 2.05) is 6.92 Å². The van der Waals surface area contributed by atoms with Crippen LogP contribution in [0, 0.1) is 46.3 Å². The second-order valence-electron chi connectivity index (χ2n) is 13.9. The van der Waals surface area contributed by atoms with Crippen molar-refractivity contribution < 1.29 is 24.6 Å². The number of rotatable bonds is 11. The van der Waals surface area contributed by atoms with Gasteiger partial charge in [-0.2, -0.15) is 0 Å². The third-order valence-electron chi connectivity index (χ3n) is 11.9. The van der Waals surface area contributed by atoms with E-state index in [1.54, 1.807) is 0 Å². The Morgan fingerprint density at radius 1 is 0.949 bits per heavy atom. The summed E-state index contributed by atoms with van der Waals surface area (Å²) in [6.07, 6.45) is 12.2. The molecule has 0 saturated heterocycles. The lowest BCUT2D eigenvalue weighted by Crippen LogP contribution is -2.54. The number of fused-ring (bicyclic) bond motifs is 5. The Hall–Kier alpha value is -1.67. The molecule has 8 nitrogen and oxygen atoms in total. The van der Waals surface area contributed by atoms with E-state index in [2.05, 4.69) is 36.7 Å². The zero-order valence-electron chi connectivity index (χ0n) is 24.6. The average Bonchev–Trinajstić information content (AvgIpc) is 3.26. The van der Waals surface area contributed by atoms with Crippen LogP contribution < -0.4 is 16.0 Å². The number of carboxylic acids is 1. The Morgan fingerprint density at radius 2 is 1.67 bits per heavy atom. The highest BCUT2D eigenvalue weighted by atomic mass is 16.4. The molecule has 5 N–H and O–H groups in total. The standard InChI is InChI=1S/C31H53N3O5/c1-5-32-26(29(39)34-18-28(37)38)17-33-27(36)11-6-19(2)23-9-10-24-22-8-7-20-16-21(35)12-14-30(20,3)25(22)13-15-31(23,24)4/h19-26,32,35H,5-18H2,1-4H3,(H,33,36)(H,34,39)(H,37,38)/t19-,20-,21-,22+,23-,24+,25+,26+,30+,31?/m1/s1. The van der Waals surface area contributed by atoms with Crippen molar-refractivity contribution >= 4 is 17.8 Å². The molecule has 4 aliphatic rings. The summed E-state index contributed by atoms with van der Waals surface area (Å²) < 4.78 is 0. The lowest BCUT2D eigenvalue weighted by atomic mass is 9.44. The van der Waals surface area contributed by atoms with Crippen LogP contribution >= 0.6 is 0 Å². The summed E-state index contributed by atoms with van der Waals surface area (Å²) in [5.41, 5.74) is 0.757. The topological polar surface area (TPSA) is 128 Å². The molecule has 10 atom stereocenters. The monoisotopic (exact) mass is 547 g/mol. The molecule has 4 fully saturated rings. The second kappa shape index (κ2) is 12.5. The Morgan fingerprint density at radius 3 is 2.38 bits per heavy atom. The van der Waals surface area contributed by atoms with Crippen LogP contribution in [-0.4, -0.2) is 59.8 Å². The third kappa shape index (κ3) is 6.32. The van der Waals surface area contributed by atoms with Crippen molar-refractivity contribution in [3.05, 3.63) is 0 Å². The van der Waals surface area contributed by atoms with Gasteiger partial charge in [-0.1, -0.05) is 27.7 Å². The molecule has 222 valence electrons. The number of carbonyl (C=O) groups is 3. The number of nitrogens with one attached hydrogen (secondary N) is 3. The molecule has 0 aliphatic heterocycles. The Labute approximate surface area is 234 Å².